The van der Waals surface area contributed by atoms with Crippen LogP contribution in [0.5, 0.6) is 0 Å². The number of imidazole rings is 1. The molecule has 88 heavy (non-hydrogen) atoms. The van der Waals surface area contributed by atoms with E-state index in [-0.39, 0.29) is 77.5 Å². The molecule has 1 fully saturated rings. The molecule has 464 valence electrons. The molecule has 0 spiro atoms. The number of ether oxygens (including phenoxy) is 1. The van der Waals surface area contributed by atoms with Crippen LogP contribution in [0.3, 0.4) is 0 Å². The number of unbranched alkanes of at least 4 members (excludes halogenated alkanes) is 1. The van der Waals surface area contributed by atoms with Crippen LogP contribution in [-0.4, -0.2) is 133 Å². The Hall–Kier alpha value is -8.05. The molecule has 1 saturated heterocycles. The minimum Gasteiger partial charge on any atom is -0.768 e. The van der Waals surface area contributed by atoms with E-state index >= 15 is 0 Å². The number of carbonyl (C=O) groups excluding carboxylic acids is 3. The van der Waals surface area contributed by atoms with Gasteiger partial charge in [0.25, 0.3) is 0 Å². The number of sulfonamides is 1. The number of rotatable bonds is 25. The van der Waals surface area contributed by atoms with Crippen molar-refractivity contribution in [2.75, 3.05) is 64.4 Å². The van der Waals surface area contributed by atoms with Crippen LogP contribution in [0, 0.1) is 0 Å². The molecular weight excluding hydrogens is 1150 g/mol. The minimum atomic E-state index is -4.47. The van der Waals surface area contributed by atoms with Gasteiger partial charge < -0.3 is 49.5 Å². The van der Waals surface area contributed by atoms with Crippen molar-refractivity contribution in [3.63, 3.8) is 0 Å². The molecule has 0 radical (unpaired) electrons. The van der Waals surface area contributed by atoms with Gasteiger partial charge in [-0.25, -0.2) is 27.5 Å². The number of benzene rings is 6. The first-order chi connectivity index (χ1) is 42.1. The molecule has 2 aliphatic carbocycles. The summed E-state index contributed by atoms with van der Waals surface area (Å²) in [6.45, 7) is 13.3. The number of likely N-dealkylation sites (tertiary alicyclic amines) is 1. The number of alkyl carbamates (subject to hydrolysis) is 1. The Kier molecular flexibility index (Phi) is 21.5. The Balaban J connectivity index is 0.00000922. The number of piperidine rings is 1. The van der Waals surface area contributed by atoms with E-state index in [9.17, 15) is 31.6 Å². The summed E-state index contributed by atoms with van der Waals surface area (Å²) in [5, 5.41) is 10.5. The van der Waals surface area contributed by atoms with Crippen LogP contribution < -0.4 is 35.5 Å². The second-order valence-corrected chi connectivity index (χ2v) is 25.0. The first-order valence-electron chi connectivity index (χ1n) is 30.2. The molecule has 6 aromatic rings. The summed E-state index contributed by atoms with van der Waals surface area (Å²) in [5.41, 5.74) is 8.71. The van der Waals surface area contributed by atoms with Crippen molar-refractivity contribution < 1.29 is 46.2 Å². The van der Waals surface area contributed by atoms with Gasteiger partial charge in [-0.15, -0.1) is 0 Å². The van der Waals surface area contributed by atoms with E-state index < -0.39 is 45.2 Å². The second-order valence-electron chi connectivity index (χ2n) is 22.4. The molecule has 3 atom stereocenters. The molecule has 5 aromatic carbocycles. The Morgan fingerprint density at radius 2 is 1.48 bits per heavy atom. The summed E-state index contributed by atoms with van der Waals surface area (Å²) in [6, 6.07) is 39.2. The van der Waals surface area contributed by atoms with Gasteiger partial charge in [0.1, 0.15) is 43.1 Å². The molecule has 21 heteroatoms. The quantitative estimate of drug-likeness (QED) is 0.0185. The monoisotopic (exact) mass is 1230 g/mol. The van der Waals surface area contributed by atoms with Crippen LogP contribution in [0.2, 0.25) is 0 Å². The first-order valence-corrected chi connectivity index (χ1v) is 32.7. The number of anilines is 1. The molecular formula is C67H79N9O10S2. The van der Waals surface area contributed by atoms with E-state index in [4.69, 9.17) is 9.15 Å². The van der Waals surface area contributed by atoms with Gasteiger partial charge in [0.2, 0.25) is 27.2 Å². The highest BCUT2D eigenvalue weighted by Gasteiger charge is 2.33. The summed E-state index contributed by atoms with van der Waals surface area (Å²) >= 11 is -2.78. The lowest BCUT2D eigenvalue weighted by molar-refractivity contribution is -0.130. The number of aromatic nitrogens is 2. The number of fused-ring (bicyclic) bond motifs is 5. The molecule has 3 heterocycles. The average Bonchev–Trinajstić information content (AvgIpc) is 2.12. The summed E-state index contributed by atoms with van der Waals surface area (Å²) in [6.07, 6.45) is 4.69. The molecule has 19 nitrogen and oxygen atoms in total. The fourth-order valence-electron chi connectivity index (χ4n) is 12.1. The number of hydrogen-bond acceptors (Lipinski definition) is 12. The van der Waals surface area contributed by atoms with E-state index in [1.165, 1.54) is 18.2 Å². The molecule has 0 bridgehead atoms. The maximum atomic E-state index is 14.9. The number of nitrogens with zero attached hydrogens (tertiary/aromatic N) is 5. The Labute approximate surface area is 517 Å². The Morgan fingerprint density at radius 1 is 0.795 bits per heavy atom. The Morgan fingerprint density at radius 3 is 2.16 bits per heavy atom. The van der Waals surface area contributed by atoms with Gasteiger partial charge in [-0.3, -0.25) is 13.8 Å². The zero-order valence-electron chi connectivity index (χ0n) is 50.5. The molecule has 6 N–H and O–H groups in total. The number of nitrogens with one attached hydrogen (secondary N) is 4. The summed E-state index contributed by atoms with van der Waals surface area (Å²) in [7, 11) is -2.43. The van der Waals surface area contributed by atoms with Crippen LogP contribution >= 0.6 is 0 Å². The summed E-state index contributed by atoms with van der Waals surface area (Å²) < 4.78 is 74.4. The van der Waals surface area contributed by atoms with E-state index in [1.807, 2.05) is 133 Å². The van der Waals surface area contributed by atoms with Gasteiger partial charge >= 0.3 is 6.09 Å². The van der Waals surface area contributed by atoms with Gasteiger partial charge in [-0.05, 0) is 149 Å². The van der Waals surface area contributed by atoms with Crippen molar-refractivity contribution in [3.05, 3.63) is 174 Å². The van der Waals surface area contributed by atoms with Gasteiger partial charge in [0, 0.05) is 95.5 Å². The average molecular weight is 1230 g/mol. The topological polar surface area (TPSA) is 255 Å². The van der Waals surface area contributed by atoms with Crippen molar-refractivity contribution >= 4 is 55.7 Å². The van der Waals surface area contributed by atoms with Crippen molar-refractivity contribution in [3.8, 4) is 33.6 Å². The lowest BCUT2D eigenvalue weighted by Gasteiger charge is -2.31. The van der Waals surface area contributed by atoms with Crippen LogP contribution in [-0.2, 0) is 48.4 Å². The maximum absolute atomic E-state index is 14.9. The van der Waals surface area contributed by atoms with Gasteiger partial charge in [-0.1, -0.05) is 84.9 Å². The zero-order valence-corrected chi connectivity index (χ0v) is 52.1. The third kappa shape index (κ3) is 14.9. The van der Waals surface area contributed by atoms with Crippen molar-refractivity contribution in [2.45, 2.75) is 107 Å². The predicted molar refractivity (Wildman–Crippen MR) is 342 cm³/mol. The number of hydrogen-bond donors (Lipinski definition) is 4. The Bertz CT molecular complexity index is 3880. The third-order valence-electron chi connectivity index (χ3n) is 16.8. The fourth-order valence-corrected chi connectivity index (χ4v) is 13.9. The van der Waals surface area contributed by atoms with E-state index in [1.54, 1.807) is 6.33 Å². The summed E-state index contributed by atoms with van der Waals surface area (Å²) in [4.78, 5) is 51.8. The van der Waals surface area contributed by atoms with E-state index in [2.05, 4.69) is 67.7 Å². The van der Waals surface area contributed by atoms with Crippen molar-refractivity contribution in [1.82, 2.24) is 39.7 Å². The predicted octanol–water partition coefficient (Wildman–Crippen LogP) is 7.81. The van der Waals surface area contributed by atoms with Gasteiger partial charge in [0.05, 0.1) is 23.0 Å². The summed E-state index contributed by atoms with van der Waals surface area (Å²) in [5.74, 6) is -0.743. The van der Waals surface area contributed by atoms with Crippen LogP contribution in [0.4, 0.5) is 10.5 Å². The van der Waals surface area contributed by atoms with Crippen LogP contribution in [0.25, 0.3) is 44.5 Å². The molecule has 2 aliphatic heterocycles. The largest absolute Gasteiger partial charge is 0.768 e. The number of amides is 3. The highest BCUT2D eigenvalue weighted by molar-refractivity contribution is 7.89. The van der Waals surface area contributed by atoms with Gasteiger partial charge in [0.15, 0.2) is 0 Å². The highest BCUT2D eigenvalue weighted by Crippen LogP contribution is 2.45. The lowest BCUT2D eigenvalue weighted by Crippen LogP contribution is -2.56. The minimum absolute atomic E-state index is 0. The molecule has 4 aliphatic rings. The molecule has 3 unspecified atom stereocenters. The second kappa shape index (κ2) is 29.3. The maximum Gasteiger partial charge on any atom is 0.407 e. The lowest BCUT2D eigenvalue weighted by atomic mass is 9.93. The van der Waals surface area contributed by atoms with Gasteiger partial charge in [-0.2, -0.15) is 0 Å². The SMILES string of the molecule is CCN(CC)c1ccc2c(-c3ccc(S(=O)[O-])cc3S(=O)(=O)NCCCCC(NC(=O)OCC3c4ccccc4-c4ccccc43)C(=O)NC(Cc3cn(Cc4ccccc4)cn3)C(=O)NC3CCN(C)CC3)c3ccc(=[N+](CC)CC)cc-3oc2c1.O. The number of carbonyl (C=O) groups is 3. The molecule has 10 rings (SSSR count). The van der Waals surface area contributed by atoms with Crippen LogP contribution in [0.1, 0.15) is 88.1 Å². The van der Waals surface area contributed by atoms with Crippen molar-refractivity contribution in [1.29, 1.82) is 0 Å². The third-order valence-corrected chi connectivity index (χ3v) is 19.0. The van der Waals surface area contributed by atoms with Crippen LogP contribution in [0.15, 0.2) is 160 Å². The molecule has 1 aromatic heterocycles. The highest BCUT2D eigenvalue weighted by atomic mass is 32.2. The van der Waals surface area contributed by atoms with E-state index in [0.717, 1.165) is 91.0 Å². The van der Waals surface area contributed by atoms with Crippen molar-refractivity contribution in [2.24, 2.45) is 0 Å². The normalized spacial score (nSPS) is 14.5. The molecule has 3 amide bonds. The smallest absolute Gasteiger partial charge is 0.407 e. The zero-order chi connectivity index (χ0) is 61.2. The first kappa shape index (κ1) is 64.4. The van der Waals surface area contributed by atoms with E-state index in [0.29, 0.717) is 40.1 Å². The fraction of sp³-hybridized carbons (Fsp3) is 0.358. The molecule has 0 saturated carbocycles. The standard InChI is InChI=1S/C67H77N9O9S2.H2O/c1-6-75(7-2)48-26-29-55-61(38-48)85-62-39-49(76(8-3)9-4)27-30-56(62)64(55)57-31-28-50(86(80)81)40-63(57)87(82,83)69-34-18-17-25-59(72-67(79)84-43-58-53-23-15-13-21-51(53)52-22-14-16-24-54(52)58)65(77)71-60(66(78)70-46-32-35-73(5)36-33-46)37-47-42-74(44-68-47)41-45-19-11-10-12-20-45;/h10-16,19-24,26-31,38-40,42,44,46,58-60,69H,6-9,17-18,25,32-37,41,43H2,1-5H3,(H3-,70,71,72,77,78,79,80,81);1H2.